The molecule has 1 aromatic rings. The zero-order chi connectivity index (χ0) is 10.1. The third kappa shape index (κ3) is 1.44. The summed E-state index contributed by atoms with van der Waals surface area (Å²) in [5.74, 6) is 0.697. The summed E-state index contributed by atoms with van der Waals surface area (Å²) in [6.45, 7) is 1.28. The van der Waals surface area contributed by atoms with Gasteiger partial charge in [0.15, 0.2) is 0 Å². The number of carboxylic acid groups (broad SMARTS) is 1. The lowest BCUT2D eigenvalue weighted by Crippen LogP contribution is -2.37. The Morgan fingerprint density at radius 3 is 3.00 bits per heavy atom. The topological polar surface area (TPSA) is 78.6 Å². The van der Waals surface area contributed by atoms with E-state index >= 15 is 0 Å². The van der Waals surface area contributed by atoms with Crippen molar-refractivity contribution >= 4 is 6.09 Å². The average molecular weight is 197 g/mol. The van der Waals surface area contributed by atoms with Gasteiger partial charge in [0.2, 0.25) is 0 Å². The van der Waals surface area contributed by atoms with Crippen LogP contribution in [0.4, 0.5) is 4.79 Å². The molecular weight excluding hydrogens is 186 g/mol. The number of fused-ring (bicyclic) bond motifs is 1. The first-order valence-corrected chi connectivity index (χ1v) is 4.34. The molecule has 0 spiro atoms. The molecule has 1 aromatic heterocycles. The molecule has 0 bridgehead atoms. The normalized spacial score (nSPS) is 15.4. The summed E-state index contributed by atoms with van der Waals surface area (Å²) >= 11 is 0. The van der Waals surface area contributed by atoms with E-state index in [4.69, 9.17) is 10.2 Å². The van der Waals surface area contributed by atoms with Gasteiger partial charge in [0.1, 0.15) is 5.82 Å². The second-order valence-electron chi connectivity index (χ2n) is 3.20. The maximum absolute atomic E-state index is 10.7. The second kappa shape index (κ2) is 3.30. The highest BCUT2D eigenvalue weighted by molar-refractivity contribution is 5.65. The van der Waals surface area contributed by atoms with Gasteiger partial charge in [-0.05, 0) is 0 Å². The summed E-state index contributed by atoms with van der Waals surface area (Å²) in [5.41, 5.74) is 0.590. The Balaban J connectivity index is 2.21. The van der Waals surface area contributed by atoms with Gasteiger partial charge in [-0.15, -0.1) is 0 Å². The van der Waals surface area contributed by atoms with E-state index < -0.39 is 6.09 Å². The number of hydrogen-bond acceptors (Lipinski definition) is 3. The third-order valence-electron chi connectivity index (χ3n) is 2.28. The number of imidazole rings is 1. The summed E-state index contributed by atoms with van der Waals surface area (Å²) < 4.78 is 1.88. The summed E-state index contributed by atoms with van der Waals surface area (Å²) in [6, 6.07) is 0. The molecule has 2 rings (SSSR count). The molecule has 0 aromatic carbocycles. The minimum Gasteiger partial charge on any atom is -0.465 e. The summed E-state index contributed by atoms with van der Waals surface area (Å²) in [6.07, 6.45) is 0.832. The molecule has 0 unspecified atom stereocenters. The van der Waals surface area contributed by atoms with Gasteiger partial charge in [0, 0.05) is 19.3 Å². The smallest absolute Gasteiger partial charge is 0.407 e. The van der Waals surface area contributed by atoms with Gasteiger partial charge in [-0.3, -0.25) is 4.90 Å². The molecule has 6 heteroatoms. The number of hydrogen-bond donors (Lipinski definition) is 2. The van der Waals surface area contributed by atoms with Crippen LogP contribution >= 0.6 is 0 Å². The molecule has 1 amide bonds. The summed E-state index contributed by atoms with van der Waals surface area (Å²) in [5, 5.41) is 17.6. The molecule has 2 N–H and O–H groups in total. The monoisotopic (exact) mass is 197 g/mol. The molecule has 0 aliphatic carbocycles. The Morgan fingerprint density at radius 1 is 1.57 bits per heavy atom. The average Bonchev–Trinajstić information content (AvgIpc) is 2.58. The van der Waals surface area contributed by atoms with E-state index in [0.29, 0.717) is 31.2 Å². The first-order valence-electron chi connectivity index (χ1n) is 4.34. The van der Waals surface area contributed by atoms with Gasteiger partial charge < -0.3 is 14.8 Å². The van der Waals surface area contributed by atoms with Crippen LogP contribution in [0.25, 0.3) is 0 Å². The van der Waals surface area contributed by atoms with Crippen LogP contribution in [0.1, 0.15) is 11.5 Å². The van der Waals surface area contributed by atoms with Crippen molar-refractivity contribution < 1.29 is 15.0 Å². The molecule has 0 fully saturated rings. The lowest BCUT2D eigenvalue weighted by atomic mass is 10.4. The fourth-order valence-electron chi connectivity index (χ4n) is 1.55. The van der Waals surface area contributed by atoms with Crippen molar-refractivity contribution in [2.75, 3.05) is 6.54 Å². The highest BCUT2D eigenvalue weighted by atomic mass is 16.4. The first-order chi connectivity index (χ1) is 6.70. The van der Waals surface area contributed by atoms with Crippen molar-refractivity contribution in [3.63, 3.8) is 0 Å². The van der Waals surface area contributed by atoms with Crippen molar-refractivity contribution in [3.8, 4) is 0 Å². The van der Waals surface area contributed by atoms with E-state index in [1.54, 1.807) is 6.20 Å². The van der Waals surface area contributed by atoms with E-state index in [1.165, 1.54) is 4.90 Å². The van der Waals surface area contributed by atoms with Crippen molar-refractivity contribution in [2.45, 2.75) is 19.7 Å². The van der Waals surface area contributed by atoms with Crippen LogP contribution < -0.4 is 0 Å². The van der Waals surface area contributed by atoms with Crippen molar-refractivity contribution in [1.82, 2.24) is 14.5 Å². The van der Waals surface area contributed by atoms with E-state index in [9.17, 15) is 4.79 Å². The van der Waals surface area contributed by atoms with E-state index in [-0.39, 0.29) is 6.61 Å². The molecule has 76 valence electrons. The fourth-order valence-corrected chi connectivity index (χ4v) is 1.55. The maximum Gasteiger partial charge on any atom is 0.407 e. The van der Waals surface area contributed by atoms with Crippen LogP contribution in [0.5, 0.6) is 0 Å². The van der Waals surface area contributed by atoms with Crippen LogP contribution in [0, 0.1) is 0 Å². The van der Waals surface area contributed by atoms with Gasteiger partial charge in [0.05, 0.1) is 18.8 Å². The molecule has 0 atom stereocenters. The zero-order valence-corrected chi connectivity index (χ0v) is 7.55. The molecule has 0 saturated carbocycles. The minimum absolute atomic E-state index is 0.104. The van der Waals surface area contributed by atoms with Crippen LogP contribution in [0.15, 0.2) is 6.20 Å². The van der Waals surface area contributed by atoms with Crippen LogP contribution in [-0.2, 0) is 19.7 Å². The molecule has 6 nitrogen and oxygen atoms in total. The van der Waals surface area contributed by atoms with Gasteiger partial charge in [-0.25, -0.2) is 9.78 Å². The molecule has 2 heterocycles. The molecule has 1 aliphatic rings. The zero-order valence-electron chi connectivity index (χ0n) is 7.55. The minimum atomic E-state index is -0.926. The maximum atomic E-state index is 10.7. The van der Waals surface area contributed by atoms with Gasteiger partial charge in [0.25, 0.3) is 0 Å². The number of nitrogens with zero attached hydrogens (tertiary/aromatic N) is 3. The lowest BCUT2D eigenvalue weighted by molar-refractivity contribution is 0.131. The Labute approximate surface area is 80.4 Å². The molecular formula is C8H11N3O3. The number of amides is 1. The van der Waals surface area contributed by atoms with E-state index in [1.807, 2.05) is 4.57 Å². The standard InChI is InChI=1S/C8H11N3O3/c12-5-6-3-10-1-2-11(8(13)14)4-7(10)9-6/h3,12H,1-2,4-5H2,(H,13,14). The number of aromatic nitrogens is 2. The first kappa shape index (κ1) is 9.01. The van der Waals surface area contributed by atoms with Crippen LogP contribution in [-0.4, -0.2) is 37.3 Å². The molecule has 0 radical (unpaired) electrons. The lowest BCUT2D eigenvalue weighted by Gasteiger charge is -2.24. The van der Waals surface area contributed by atoms with E-state index in [0.717, 1.165) is 0 Å². The van der Waals surface area contributed by atoms with Gasteiger partial charge in [-0.2, -0.15) is 0 Å². The summed E-state index contributed by atoms with van der Waals surface area (Å²) in [4.78, 5) is 16.1. The Bertz CT molecular complexity index is 361. The largest absolute Gasteiger partial charge is 0.465 e. The number of aliphatic hydroxyl groups excluding tert-OH is 1. The SMILES string of the molecule is O=C(O)N1CCn2cc(CO)nc2C1. The van der Waals surface area contributed by atoms with Gasteiger partial charge in [-0.1, -0.05) is 0 Å². The molecule has 14 heavy (non-hydrogen) atoms. The molecule has 1 aliphatic heterocycles. The number of aliphatic hydroxyl groups is 1. The van der Waals surface area contributed by atoms with E-state index in [2.05, 4.69) is 4.98 Å². The summed E-state index contributed by atoms with van der Waals surface area (Å²) in [7, 11) is 0. The highest BCUT2D eigenvalue weighted by Crippen LogP contribution is 2.12. The Hall–Kier alpha value is -1.56. The van der Waals surface area contributed by atoms with Crippen molar-refractivity contribution in [1.29, 1.82) is 0 Å². The number of rotatable bonds is 1. The Kier molecular flexibility index (Phi) is 2.12. The highest BCUT2D eigenvalue weighted by Gasteiger charge is 2.21. The molecule has 0 saturated heterocycles. The van der Waals surface area contributed by atoms with Gasteiger partial charge >= 0.3 is 6.09 Å². The fraction of sp³-hybridized carbons (Fsp3) is 0.500. The quantitative estimate of drug-likeness (QED) is 0.657. The Morgan fingerprint density at radius 2 is 2.36 bits per heavy atom. The number of carbonyl (C=O) groups is 1. The third-order valence-corrected chi connectivity index (χ3v) is 2.28. The predicted octanol–water partition coefficient (Wildman–Crippen LogP) is -0.131. The van der Waals surface area contributed by atoms with Crippen LogP contribution in [0.2, 0.25) is 0 Å². The van der Waals surface area contributed by atoms with Crippen LogP contribution in [0.3, 0.4) is 0 Å². The van der Waals surface area contributed by atoms with Crippen molar-refractivity contribution in [3.05, 3.63) is 17.7 Å². The van der Waals surface area contributed by atoms with Crippen molar-refractivity contribution in [2.24, 2.45) is 0 Å². The predicted molar refractivity (Wildman–Crippen MR) is 46.6 cm³/mol. The second-order valence-corrected chi connectivity index (χ2v) is 3.20.